The molecule has 0 amide bonds. The topological polar surface area (TPSA) is 115 Å². The number of hydrogen-bond acceptors (Lipinski definition) is 5. The summed E-state index contributed by atoms with van der Waals surface area (Å²) in [6.07, 6.45) is -0.789. The lowest BCUT2D eigenvalue weighted by molar-refractivity contribution is 0.453. The van der Waals surface area contributed by atoms with Gasteiger partial charge in [-0.2, -0.15) is 0 Å². The van der Waals surface area contributed by atoms with Crippen molar-refractivity contribution in [3.63, 3.8) is 0 Å². The molecule has 0 aliphatic heterocycles. The molecule has 27 heavy (non-hydrogen) atoms. The van der Waals surface area contributed by atoms with Crippen molar-refractivity contribution in [2.75, 3.05) is 5.32 Å². The summed E-state index contributed by atoms with van der Waals surface area (Å²) in [4.78, 5) is 15.5. The number of H-pyrrole nitrogens is 1. The van der Waals surface area contributed by atoms with Crippen molar-refractivity contribution in [1.29, 1.82) is 0 Å². The highest BCUT2D eigenvalue weighted by molar-refractivity contribution is 7.80. The van der Waals surface area contributed by atoms with Crippen LogP contribution in [0.4, 0.5) is 5.69 Å². The summed E-state index contributed by atoms with van der Waals surface area (Å²) in [5, 5.41) is 14.6. The van der Waals surface area contributed by atoms with Crippen molar-refractivity contribution in [1.82, 2.24) is 15.8 Å². The van der Waals surface area contributed by atoms with Crippen LogP contribution in [-0.4, -0.2) is 15.2 Å². The highest BCUT2D eigenvalue weighted by atomic mass is 32.1. The Kier molecular flexibility index (Phi) is 5.29. The smallest absolute Gasteiger partial charge is 0.258 e. The molecule has 0 bridgehead atoms. The molecular formula is C19H21N5O2S. The van der Waals surface area contributed by atoms with Gasteiger partial charge in [-0.3, -0.25) is 10.2 Å². The van der Waals surface area contributed by atoms with E-state index in [1.165, 1.54) is 0 Å². The van der Waals surface area contributed by atoms with Crippen molar-refractivity contribution in [2.24, 2.45) is 5.73 Å². The lowest BCUT2D eigenvalue weighted by atomic mass is 10.1. The Morgan fingerprint density at radius 2 is 1.81 bits per heavy atom. The predicted molar refractivity (Wildman–Crippen MR) is 112 cm³/mol. The summed E-state index contributed by atoms with van der Waals surface area (Å²) in [5.41, 5.74) is 14.1. The second kappa shape index (κ2) is 7.65. The van der Waals surface area contributed by atoms with E-state index in [1.54, 1.807) is 6.07 Å². The number of thiocarbonyl (C=S) groups is 1. The average Bonchev–Trinajstić information content (AvgIpc) is 2.62. The molecule has 0 saturated carbocycles. The van der Waals surface area contributed by atoms with E-state index in [9.17, 15) is 9.90 Å². The van der Waals surface area contributed by atoms with Crippen LogP contribution in [0.3, 0.4) is 0 Å². The Labute approximate surface area is 161 Å². The fourth-order valence-electron chi connectivity index (χ4n) is 2.81. The summed E-state index contributed by atoms with van der Waals surface area (Å²) in [7, 11) is 0. The first-order chi connectivity index (χ1) is 12.8. The number of aromatic hydroxyl groups is 1. The van der Waals surface area contributed by atoms with Gasteiger partial charge >= 0.3 is 0 Å². The quantitative estimate of drug-likeness (QED) is 0.228. The van der Waals surface area contributed by atoms with Gasteiger partial charge in [-0.25, -0.2) is 5.43 Å². The summed E-state index contributed by atoms with van der Waals surface area (Å²) in [6, 6.07) is 13.1. The maximum atomic E-state index is 12.7. The van der Waals surface area contributed by atoms with Crippen molar-refractivity contribution in [3.05, 3.63) is 69.5 Å². The van der Waals surface area contributed by atoms with E-state index in [4.69, 9.17) is 18.0 Å². The Morgan fingerprint density at radius 3 is 2.48 bits per heavy atom. The number of hydrazine groups is 1. The zero-order valence-corrected chi connectivity index (χ0v) is 15.8. The predicted octanol–water partition coefficient (Wildman–Crippen LogP) is 2.30. The van der Waals surface area contributed by atoms with E-state index >= 15 is 0 Å². The minimum absolute atomic E-state index is 0.0123. The molecule has 140 valence electrons. The lowest BCUT2D eigenvalue weighted by Gasteiger charge is -2.23. The minimum Gasteiger partial charge on any atom is -0.507 e. The highest BCUT2D eigenvalue weighted by Gasteiger charge is 2.22. The molecule has 0 radical (unpaired) electrons. The normalized spacial score (nSPS) is 11.9. The summed E-state index contributed by atoms with van der Waals surface area (Å²) >= 11 is 4.83. The Hall–Kier alpha value is -3.10. The number of nitrogens with two attached hydrogens (primary N) is 1. The number of aryl methyl sites for hydroxylation is 2. The zero-order chi connectivity index (χ0) is 19.6. The molecule has 2 aromatic carbocycles. The SMILES string of the molecule is Cc1ccc(NC(NNC(N)=S)c2c(O)c3cc(C)ccc3[nH]c2=O)cc1. The van der Waals surface area contributed by atoms with Gasteiger partial charge in [0.15, 0.2) is 5.11 Å². The van der Waals surface area contributed by atoms with Crippen molar-refractivity contribution < 1.29 is 5.11 Å². The molecule has 3 aromatic rings. The van der Waals surface area contributed by atoms with Gasteiger partial charge < -0.3 is 21.1 Å². The largest absolute Gasteiger partial charge is 0.507 e. The number of benzene rings is 2. The molecule has 1 heterocycles. The van der Waals surface area contributed by atoms with Crippen LogP contribution < -0.4 is 27.5 Å². The Balaban J connectivity index is 2.08. The molecule has 3 rings (SSSR count). The van der Waals surface area contributed by atoms with Crippen LogP contribution in [0.25, 0.3) is 10.9 Å². The molecule has 0 spiro atoms. The molecule has 8 heteroatoms. The molecule has 7 nitrogen and oxygen atoms in total. The van der Waals surface area contributed by atoms with Crippen LogP contribution in [0.5, 0.6) is 5.75 Å². The number of aromatic nitrogens is 1. The Morgan fingerprint density at radius 1 is 1.15 bits per heavy atom. The van der Waals surface area contributed by atoms with Crippen molar-refractivity contribution in [3.8, 4) is 5.75 Å². The third kappa shape index (κ3) is 4.18. The number of aromatic amines is 1. The zero-order valence-electron chi connectivity index (χ0n) is 15.0. The van der Waals surface area contributed by atoms with Gasteiger partial charge in [0.25, 0.3) is 5.56 Å². The van der Waals surface area contributed by atoms with Crippen LogP contribution in [-0.2, 0) is 0 Å². The molecule has 0 saturated heterocycles. The fraction of sp³-hybridized carbons (Fsp3) is 0.158. The fourth-order valence-corrected chi connectivity index (χ4v) is 2.87. The number of rotatable bonds is 5. The maximum Gasteiger partial charge on any atom is 0.258 e. The van der Waals surface area contributed by atoms with E-state index in [2.05, 4.69) is 21.2 Å². The van der Waals surface area contributed by atoms with Crippen molar-refractivity contribution >= 4 is 33.9 Å². The molecule has 1 aromatic heterocycles. The molecule has 1 unspecified atom stereocenters. The number of anilines is 1. The number of pyridine rings is 1. The highest BCUT2D eigenvalue weighted by Crippen LogP contribution is 2.30. The minimum atomic E-state index is -0.789. The molecule has 7 N–H and O–H groups in total. The lowest BCUT2D eigenvalue weighted by Crippen LogP contribution is -2.46. The molecule has 1 atom stereocenters. The van der Waals surface area contributed by atoms with E-state index < -0.39 is 11.7 Å². The van der Waals surface area contributed by atoms with Gasteiger partial charge in [0.05, 0.1) is 11.1 Å². The van der Waals surface area contributed by atoms with E-state index in [1.807, 2.05) is 50.2 Å². The Bertz CT molecular complexity index is 1050. The first-order valence-corrected chi connectivity index (χ1v) is 8.75. The summed E-state index contributed by atoms with van der Waals surface area (Å²) < 4.78 is 0. The van der Waals surface area contributed by atoms with E-state index in [0.717, 1.165) is 16.8 Å². The molecule has 0 aliphatic carbocycles. The van der Waals surface area contributed by atoms with E-state index in [0.29, 0.717) is 10.9 Å². The monoisotopic (exact) mass is 383 g/mol. The second-order valence-corrected chi connectivity index (χ2v) is 6.78. The molecule has 0 fully saturated rings. The number of fused-ring (bicyclic) bond motifs is 1. The van der Waals surface area contributed by atoms with Gasteiger partial charge in [-0.05, 0) is 50.3 Å². The van der Waals surface area contributed by atoms with Crippen LogP contribution in [0.15, 0.2) is 47.3 Å². The standard InChI is InChI=1S/C19H21N5O2S/c1-10-3-6-12(7-4-10)21-17(23-24-19(20)27)15-16(25)13-9-11(2)5-8-14(13)22-18(15)26/h3-9,17,21,23H,1-2H3,(H3,20,24,27)(H2,22,25,26). The number of hydrogen-bond donors (Lipinski definition) is 6. The van der Waals surface area contributed by atoms with Crippen LogP contribution in [0.2, 0.25) is 0 Å². The summed E-state index contributed by atoms with van der Waals surface area (Å²) in [5.74, 6) is -0.112. The number of nitrogens with one attached hydrogen (secondary N) is 4. The molecule has 0 aliphatic rings. The van der Waals surface area contributed by atoms with Gasteiger partial charge in [-0.1, -0.05) is 29.3 Å². The molecular weight excluding hydrogens is 362 g/mol. The first-order valence-electron chi connectivity index (χ1n) is 8.35. The van der Waals surface area contributed by atoms with Gasteiger partial charge in [0.1, 0.15) is 11.9 Å². The van der Waals surface area contributed by atoms with Gasteiger partial charge in [0.2, 0.25) is 0 Å². The second-order valence-electron chi connectivity index (χ2n) is 6.34. The maximum absolute atomic E-state index is 12.7. The van der Waals surface area contributed by atoms with Crippen LogP contribution in [0, 0.1) is 13.8 Å². The van der Waals surface area contributed by atoms with Crippen molar-refractivity contribution in [2.45, 2.75) is 20.0 Å². The van der Waals surface area contributed by atoms with Gasteiger partial charge in [-0.15, -0.1) is 0 Å². The third-order valence-electron chi connectivity index (χ3n) is 4.17. The summed E-state index contributed by atoms with van der Waals surface area (Å²) in [6.45, 7) is 3.90. The van der Waals surface area contributed by atoms with E-state index in [-0.39, 0.29) is 16.4 Å². The average molecular weight is 383 g/mol. The van der Waals surface area contributed by atoms with Crippen LogP contribution >= 0.6 is 12.2 Å². The first kappa shape index (κ1) is 18.7. The third-order valence-corrected chi connectivity index (χ3v) is 4.27. The van der Waals surface area contributed by atoms with Gasteiger partial charge in [0, 0.05) is 11.1 Å². The van der Waals surface area contributed by atoms with Crippen LogP contribution in [0.1, 0.15) is 22.9 Å².